The first-order chi connectivity index (χ1) is 10.8. The van der Waals surface area contributed by atoms with Gasteiger partial charge in [-0.05, 0) is 44.1 Å². The quantitative estimate of drug-likeness (QED) is 0.623. The molecule has 1 atom stereocenters. The van der Waals surface area contributed by atoms with E-state index in [0.29, 0.717) is 0 Å². The van der Waals surface area contributed by atoms with Gasteiger partial charge in [-0.3, -0.25) is 0 Å². The van der Waals surface area contributed by atoms with E-state index in [1.165, 1.54) is 19.3 Å². The minimum Gasteiger partial charge on any atom is -0.460 e. The zero-order valence-corrected chi connectivity index (χ0v) is 13.1. The van der Waals surface area contributed by atoms with Gasteiger partial charge in [0, 0.05) is 0 Å². The van der Waals surface area contributed by atoms with Crippen molar-refractivity contribution in [2.75, 3.05) is 0 Å². The first-order valence-corrected chi connectivity index (χ1v) is 8.74. The lowest BCUT2D eigenvalue weighted by Crippen LogP contribution is -2.35. The lowest BCUT2D eigenvalue weighted by atomic mass is 9.84. The van der Waals surface area contributed by atoms with Crippen LogP contribution in [0.3, 0.4) is 0 Å². The molecule has 0 N–H and O–H groups in total. The Morgan fingerprint density at radius 1 is 1.00 bits per heavy atom. The third-order valence-corrected chi connectivity index (χ3v) is 5.65. The van der Waals surface area contributed by atoms with Crippen LogP contribution in [0.4, 0.5) is 0 Å². The van der Waals surface area contributed by atoms with E-state index in [1.54, 1.807) is 0 Å². The van der Waals surface area contributed by atoms with Crippen molar-refractivity contribution < 1.29 is 14.3 Å². The summed E-state index contributed by atoms with van der Waals surface area (Å²) in [4.78, 5) is 13.0. The van der Waals surface area contributed by atoms with Crippen molar-refractivity contribution in [1.29, 1.82) is 0 Å². The van der Waals surface area contributed by atoms with E-state index in [4.69, 9.17) is 9.47 Å². The standard InChI is InChI=1S/C19H24O3/c20-17(21-16-11-5-2-6-12-16)19(15-9-3-1-4-10-15)18(22-19)13-7-8-14-18/h1,3-4,9-10,16H,2,5-8,11-14H2. The number of ether oxygens (including phenoxy) is 2. The molecular weight excluding hydrogens is 276 g/mol. The zero-order chi connectivity index (χ0) is 15.0. The number of hydrogen-bond donors (Lipinski definition) is 0. The third kappa shape index (κ3) is 2.10. The predicted molar refractivity (Wildman–Crippen MR) is 83.4 cm³/mol. The van der Waals surface area contributed by atoms with E-state index in [2.05, 4.69) is 0 Å². The Morgan fingerprint density at radius 2 is 1.68 bits per heavy atom. The van der Waals surface area contributed by atoms with E-state index in [-0.39, 0.29) is 17.7 Å². The molecule has 4 rings (SSSR count). The number of benzene rings is 1. The lowest BCUT2D eigenvalue weighted by molar-refractivity contribution is -0.157. The van der Waals surface area contributed by atoms with Gasteiger partial charge in [0.2, 0.25) is 5.60 Å². The summed E-state index contributed by atoms with van der Waals surface area (Å²) in [6.07, 6.45) is 9.93. The summed E-state index contributed by atoms with van der Waals surface area (Å²) >= 11 is 0. The monoisotopic (exact) mass is 300 g/mol. The molecule has 1 aromatic carbocycles. The summed E-state index contributed by atoms with van der Waals surface area (Å²) in [6.45, 7) is 0. The second-order valence-electron chi connectivity index (χ2n) is 7.02. The molecule has 1 heterocycles. The molecule has 0 radical (unpaired) electrons. The Kier molecular flexibility index (Phi) is 3.48. The van der Waals surface area contributed by atoms with Crippen molar-refractivity contribution in [3.05, 3.63) is 35.9 Å². The van der Waals surface area contributed by atoms with Crippen LogP contribution in [0.25, 0.3) is 0 Å². The van der Waals surface area contributed by atoms with Crippen LogP contribution in [-0.4, -0.2) is 17.7 Å². The average Bonchev–Trinajstić information content (AvgIpc) is 2.98. The number of esters is 1. The van der Waals surface area contributed by atoms with Gasteiger partial charge in [0.15, 0.2) is 0 Å². The minimum absolute atomic E-state index is 0.0875. The summed E-state index contributed by atoms with van der Waals surface area (Å²) in [5, 5.41) is 0. The van der Waals surface area contributed by atoms with Crippen molar-refractivity contribution in [3.63, 3.8) is 0 Å². The SMILES string of the molecule is O=C(OC1CCCCC1)C1(c2ccccc2)OC12CCCC2. The summed E-state index contributed by atoms with van der Waals surface area (Å²) in [5.41, 5.74) is -0.153. The van der Waals surface area contributed by atoms with Crippen LogP contribution in [0.1, 0.15) is 63.4 Å². The molecule has 3 nitrogen and oxygen atoms in total. The highest BCUT2D eigenvalue weighted by molar-refractivity contribution is 5.87. The molecule has 1 spiro atoms. The first kappa shape index (κ1) is 14.3. The van der Waals surface area contributed by atoms with Crippen LogP contribution in [0.15, 0.2) is 30.3 Å². The zero-order valence-electron chi connectivity index (χ0n) is 13.1. The fraction of sp³-hybridized carbons (Fsp3) is 0.632. The van der Waals surface area contributed by atoms with Crippen molar-refractivity contribution in [1.82, 2.24) is 0 Å². The average molecular weight is 300 g/mol. The molecule has 0 aromatic heterocycles. The second-order valence-corrected chi connectivity index (χ2v) is 7.02. The number of rotatable bonds is 3. The van der Waals surface area contributed by atoms with Crippen molar-refractivity contribution in [2.24, 2.45) is 0 Å². The molecule has 2 saturated carbocycles. The Labute approximate surface area is 132 Å². The van der Waals surface area contributed by atoms with Gasteiger partial charge >= 0.3 is 5.97 Å². The lowest BCUT2D eigenvalue weighted by Gasteiger charge is -2.24. The number of hydrogen-bond acceptors (Lipinski definition) is 3. The molecule has 1 aliphatic heterocycles. The molecule has 1 aromatic rings. The van der Waals surface area contributed by atoms with Crippen LogP contribution in [0, 0.1) is 0 Å². The molecule has 1 unspecified atom stereocenters. The summed E-state index contributed by atoms with van der Waals surface area (Å²) in [6, 6.07) is 9.96. The maximum absolute atomic E-state index is 13.0. The molecule has 0 amide bonds. The Hall–Kier alpha value is -1.35. The molecule has 22 heavy (non-hydrogen) atoms. The van der Waals surface area contributed by atoms with E-state index in [0.717, 1.165) is 44.1 Å². The number of carbonyl (C=O) groups is 1. The van der Waals surface area contributed by atoms with Gasteiger partial charge in [-0.15, -0.1) is 0 Å². The largest absolute Gasteiger partial charge is 0.460 e. The fourth-order valence-corrected chi connectivity index (χ4v) is 4.43. The third-order valence-electron chi connectivity index (χ3n) is 5.65. The smallest absolute Gasteiger partial charge is 0.346 e. The van der Waals surface area contributed by atoms with Crippen LogP contribution in [0.5, 0.6) is 0 Å². The normalized spacial score (nSPS) is 30.4. The van der Waals surface area contributed by atoms with Gasteiger partial charge < -0.3 is 9.47 Å². The molecule has 118 valence electrons. The highest BCUT2D eigenvalue weighted by Crippen LogP contribution is 2.64. The van der Waals surface area contributed by atoms with Crippen LogP contribution >= 0.6 is 0 Å². The van der Waals surface area contributed by atoms with Gasteiger partial charge in [-0.25, -0.2) is 4.79 Å². The molecule has 1 saturated heterocycles. The maximum Gasteiger partial charge on any atom is 0.346 e. The highest BCUT2D eigenvalue weighted by Gasteiger charge is 2.76. The van der Waals surface area contributed by atoms with Gasteiger partial charge in [-0.1, -0.05) is 49.6 Å². The van der Waals surface area contributed by atoms with Crippen molar-refractivity contribution in [2.45, 2.75) is 75.1 Å². The summed E-state index contributed by atoms with van der Waals surface area (Å²) in [7, 11) is 0. The summed E-state index contributed by atoms with van der Waals surface area (Å²) < 4.78 is 12.1. The van der Waals surface area contributed by atoms with Gasteiger partial charge in [0.1, 0.15) is 11.7 Å². The molecule has 0 bridgehead atoms. The Bertz CT molecular complexity index is 541. The first-order valence-electron chi connectivity index (χ1n) is 8.74. The maximum atomic E-state index is 13.0. The topological polar surface area (TPSA) is 38.8 Å². The Balaban J connectivity index is 1.60. The second kappa shape index (κ2) is 5.38. The van der Waals surface area contributed by atoms with Gasteiger partial charge in [0.25, 0.3) is 0 Å². The molecular formula is C19H24O3. The van der Waals surface area contributed by atoms with Gasteiger partial charge in [0.05, 0.1) is 0 Å². The van der Waals surface area contributed by atoms with E-state index >= 15 is 0 Å². The number of carbonyl (C=O) groups excluding carboxylic acids is 1. The molecule has 3 aliphatic rings. The predicted octanol–water partition coefficient (Wildman–Crippen LogP) is 4.10. The fourth-order valence-electron chi connectivity index (χ4n) is 4.43. The van der Waals surface area contributed by atoms with Crippen LogP contribution < -0.4 is 0 Å². The minimum atomic E-state index is -0.831. The molecule has 2 aliphatic carbocycles. The number of epoxide rings is 1. The van der Waals surface area contributed by atoms with E-state index < -0.39 is 5.60 Å². The van der Waals surface area contributed by atoms with E-state index in [1.807, 2.05) is 30.3 Å². The summed E-state index contributed by atoms with van der Waals surface area (Å²) in [5.74, 6) is -0.146. The van der Waals surface area contributed by atoms with Gasteiger partial charge in [-0.2, -0.15) is 0 Å². The highest BCUT2D eigenvalue weighted by atomic mass is 16.7. The molecule has 3 fully saturated rings. The van der Waals surface area contributed by atoms with E-state index in [9.17, 15) is 4.79 Å². The molecule has 3 heteroatoms. The van der Waals surface area contributed by atoms with Crippen LogP contribution in [0.2, 0.25) is 0 Å². The van der Waals surface area contributed by atoms with Crippen LogP contribution in [-0.2, 0) is 19.9 Å². The Morgan fingerprint density at radius 3 is 2.36 bits per heavy atom. The van der Waals surface area contributed by atoms with Crippen molar-refractivity contribution in [3.8, 4) is 0 Å². The van der Waals surface area contributed by atoms with Crippen molar-refractivity contribution >= 4 is 5.97 Å².